The summed E-state index contributed by atoms with van der Waals surface area (Å²) in [5, 5.41) is 3.51. The van der Waals surface area contributed by atoms with Crippen molar-refractivity contribution in [2.75, 3.05) is 13.6 Å². The minimum Gasteiger partial charge on any atom is -0.312 e. The van der Waals surface area contributed by atoms with E-state index in [9.17, 15) is 0 Å². The van der Waals surface area contributed by atoms with Gasteiger partial charge in [0.15, 0.2) is 0 Å². The predicted molar refractivity (Wildman–Crippen MR) is 82.3 cm³/mol. The lowest BCUT2D eigenvalue weighted by molar-refractivity contribution is 0.126. The topological polar surface area (TPSA) is 15.3 Å². The average molecular weight is 260 g/mol. The Kier molecular flexibility index (Phi) is 5.41. The molecule has 0 radical (unpaired) electrons. The van der Waals surface area contributed by atoms with Crippen molar-refractivity contribution in [3.05, 3.63) is 35.9 Å². The van der Waals surface area contributed by atoms with E-state index in [-0.39, 0.29) is 0 Å². The first-order chi connectivity index (χ1) is 9.27. The molecule has 2 heteroatoms. The van der Waals surface area contributed by atoms with Crippen LogP contribution in [0.4, 0.5) is 0 Å². The Balaban J connectivity index is 2.12. The molecule has 2 atom stereocenters. The largest absolute Gasteiger partial charge is 0.312 e. The summed E-state index contributed by atoms with van der Waals surface area (Å²) < 4.78 is 0. The van der Waals surface area contributed by atoms with E-state index >= 15 is 0 Å². The van der Waals surface area contributed by atoms with Gasteiger partial charge in [-0.05, 0) is 38.9 Å². The summed E-state index contributed by atoms with van der Waals surface area (Å²) in [5.74, 6) is 0. The van der Waals surface area contributed by atoms with Crippen LogP contribution in [0.1, 0.15) is 51.1 Å². The number of nitrogens with one attached hydrogen (secondary N) is 1. The molecule has 1 aromatic carbocycles. The van der Waals surface area contributed by atoms with Crippen LogP contribution in [-0.2, 0) is 0 Å². The summed E-state index contributed by atoms with van der Waals surface area (Å²) >= 11 is 0. The van der Waals surface area contributed by atoms with Crippen molar-refractivity contribution in [1.29, 1.82) is 0 Å². The molecule has 0 bridgehead atoms. The van der Waals surface area contributed by atoms with Gasteiger partial charge in [0, 0.05) is 18.1 Å². The van der Waals surface area contributed by atoms with Crippen LogP contribution < -0.4 is 5.32 Å². The lowest BCUT2D eigenvalue weighted by atomic mass is 9.97. The van der Waals surface area contributed by atoms with Gasteiger partial charge >= 0.3 is 0 Å². The first kappa shape index (κ1) is 14.5. The zero-order valence-corrected chi connectivity index (χ0v) is 12.6. The highest BCUT2D eigenvalue weighted by Crippen LogP contribution is 2.29. The minimum absolute atomic E-state index is 0.418. The van der Waals surface area contributed by atoms with Gasteiger partial charge in [0.2, 0.25) is 0 Å². The number of likely N-dealkylation sites (N-methyl/N-ethyl adjacent to an activating group) is 2. The molecule has 1 N–H and O–H groups in total. The normalized spacial score (nSPS) is 19.8. The molecule has 19 heavy (non-hydrogen) atoms. The number of hydrogen-bond donors (Lipinski definition) is 1. The summed E-state index contributed by atoms with van der Waals surface area (Å²) in [6.07, 6.45) is 5.57. The van der Waals surface area contributed by atoms with Gasteiger partial charge in [-0.1, -0.05) is 50.1 Å². The molecule has 1 saturated carbocycles. The zero-order valence-electron chi connectivity index (χ0n) is 12.6. The standard InChI is InChI=1S/C17H28N2/c1-4-19(16-12-8-9-13-16)14(2)17(18-3)15-10-6-5-7-11-15/h5-7,10-11,14,16-18H,4,8-9,12-13H2,1-3H3. The summed E-state index contributed by atoms with van der Waals surface area (Å²) in [5.41, 5.74) is 1.40. The Labute approximate surface area is 118 Å². The highest BCUT2D eigenvalue weighted by molar-refractivity contribution is 5.20. The van der Waals surface area contributed by atoms with Crippen molar-refractivity contribution >= 4 is 0 Å². The summed E-state index contributed by atoms with van der Waals surface area (Å²) in [4.78, 5) is 2.70. The molecule has 2 rings (SSSR count). The highest BCUT2D eigenvalue weighted by Gasteiger charge is 2.29. The van der Waals surface area contributed by atoms with Gasteiger partial charge in [0.1, 0.15) is 0 Å². The third-order valence-corrected chi connectivity index (χ3v) is 4.63. The summed E-state index contributed by atoms with van der Waals surface area (Å²) in [7, 11) is 2.08. The van der Waals surface area contributed by atoms with Gasteiger partial charge in [-0.2, -0.15) is 0 Å². The fourth-order valence-electron chi connectivity index (χ4n) is 3.65. The lowest BCUT2D eigenvalue weighted by Crippen LogP contribution is -2.46. The van der Waals surface area contributed by atoms with Gasteiger partial charge in [-0.3, -0.25) is 4.90 Å². The van der Waals surface area contributed by atoms with Crippen molar-refractivity contribution < 1.29 is 0 Å². The SMILES string of the molecule is CCN(C1CCCC1)C(C)C(NC)c1ccccc1. The van der Waals surface area contributed by atoms with E-state index < -0.39 is 0 Å². The second-order valence-corrected chi connectivity index (χ2v) is 5.69. The Morgan fingerprint density at radius 3 is 2.37 bits per heavy atom. The minimum atomic E-state index is 0.418. The van der Waals surface area contributed by atoms with Gasteiger partial charge in [-0.25, -0.2) is 0 Å². The molecule has 0 aromatic heterocycles. The van der Waals surface area contributed by atoms with Crippen molar-refractivity contribution in [3.63, 3.8) is 0 Å². The molecular formula is C17H28N2. The summed E-state index contributed by atoms with van der Waals surface area (Å²) in [6, 6.07) is 12.6. The lowest BCUT2D eigenvalue weighted by Gasteiger charge is -2.38. The van der Waals surface area contributed by atoms with E-state index in [1.165, 1.54) is 31.2 Å². The molecular weight excluding hydrogens is 232 g/mol. The Hall–Kier alpha value is -0.860. The van der Waals surface area contributed by atoms with Crippen LogP contribution in [0.2, 0.25) is 0 Å². The van der Waals surface area contributed by atoms with Crippen LogP contribution in [0.5, 0.6) is 0 Å². The molecule has 0 aliphatic heterocycles. The Morgan fingerprint density at radius 1 is 1.21 bits per heavy atom. The van der Waals surface area contributed by atoms with E-state index in [1.807, 2.05) is 0 Å². The number of nitrogens with zero attached hydrogens (tertiary/aromatic N) is 1. The quantitative estimate of drug-likeness (QED) is 0.840. The molecule has 106 valence electrons. The fourth-order valence-corrected chi connectivity index (χ4v) is 3.65. The maximum absolute atomic E-state index is 3.51. The Morgan fingerprint density at radius 2 is 1.84 bits per heavy atom. The second kappa shape index (κ2) is 7.06. The van der Waals surface area contributed by atoms with Crippen molar-refractivity contribution in [1.82, 2.24) is 10.2 Å². The molecule has 1 fully saturated rings. The maximum Gasteiger partial charge on any atom is 0.0473 e. The molecule has 2 nitrogen and oxygen atoms in total. The first-order valence-corrected chi connectivity index (χ1v) is 7.75. The van der Waals surface area contributed by atoms with Crippen molar-refractivity contribution in [2.45, 2.75) is 57.7 Å². The van der Waals surface area contributed by atoms with E-state index in [4.69, 9.17) is 0 Å². The van der Waals surface area contributed by atoms with E-state index in [0.29, 0.717) is 12.1 Å². The van der Waals surface area contributed by atoms with E-state index in [2.05, 4.69) is 61.4 Å². The molecule has 0 saturated heterocycles. The van der Waals surface area contributed by atoms with E-state index in [0.717, 1.165) is 12.6 Å². The average Bonchev–Trinajstić information content (AvgIpc) is 2.96. The molecule has 1 aliphatic rings. The molecule has 1 aromatic rings. The fraction of sp³-hybridized carbons (Fsp3) is 0.647. The van der Waals surface area contributed by atoms with Crippen LogP contribution in [0.25, 0.3) is 0 Å². The van der Waals surface area contributed by atoms with Crippen LogP contribution in [0.15, 0.2) is 30.3 Å². The van der Waals surface area contributed by atoms with E-state index in [1.54, 1.807) is 0 Å². The molecule has 2 unspecified atom stereocenters. The molecule has 0 amide bonds. The van der Waals surface area contributed by atoms with Gasteiger partial charge in [0.25, 0.3) is 0 Å². The third kappa shape index (κ3) is 3.37. The monoisotopic (exact) mass is 260 g/mol. The van der Waals surface area contributed by atoms with Gasteiger partial charge in [0.05, 0.1) is 0 Å². The van der Waals surface area contributed by atoms with Gasteiger partial charge in [-0.15, -0.1) is 0 Å². The number of rotatable bonds is 6. The highest BCUT2D eigenvalue weighted by atomic mass is 15.2. The van der Waals surface area contributed by atoms with Crippen LogP contribution in [0.3, 0.4) is 0 Å². The summed E-state index contributed by atoms with van der Waals surface area (Å²) in [6.45, 7) is 5.82. The van der Waals surface area contributed by atoms with Gasteiger partial charge < -0.3 is 5.32 Å². The molecule has 1 aliphatic carbocycles. The van der Waals surface area contributed by atoms with Crippen LogP contribution >= 0.6 is 0 Å². The zero-order chi connectivity index (χ0) is 13.7. The van der Waals surface area contributed by atoms with Crippen molar-refractivity contribution in [2.24, 2.45) is 0 Å². The van der Waals surface area contributed by atoms with Crippen LogP contribution in [-0.4, -0.2) is 30.6 Å². The molecule has 0 heterocycles. The first-order valence-electron chi connectivity index (χ1n) is 7.75. The van der Waals surface area contributed by atoms with Crippen LogP contribution in [0, 0.1) is 0 Å². The Bertz CT molecular complexity index is 357. The second-order valence-electron chi connectivity index (χ2n) is 5.69. The molecule has 0 spiro atoms. The smallest absolute Gasteiger partial charge is 0.0473 e. The van der Waals surface area contributed by atoms with Crippen molar-refractivity contribution in [3.8, 4) is 0 Å². The maximum atomic E-state index is 3.51. The third-order valence-electron chi connectivity index (χ3n) is 4.63. The number of hydrogen-bond acceptors (Lipinski definition) is 2. The predicted octanol–water partition coefficient (Wildman–Crippen LogP) is 3.60. The number of benzene rings is 1.